The maximum Gasteiger partial charge on any atom is 0.264 e. The van der Waals surface area contributed by atoms with Crippen LogP contribution >= 0.6 is 27.5 Å². The second-order valence-electron chi connectivity index (χ2n) is 4.38. The molecule has 0 radical (unpaired) electrons. The highest BCUT2D eigenvalue weighted by molar-refractivity contribution is 9.09. The summed E-state index contributed by atoms with van der Waals surface area (Å²) in [5.74, 6) is -0.532. The van der Waals surface area contributed by atoms with Gasteiger partial charge in [-0.1, -0.05) is 52.7 Å². The Morgan fingerprint density at radius 1 is 1.20 bits per heavy atom. The second-order valence-corrected chi connectivity index (χ2v) is 10.2. The zero-order valence-electron chi connectivity index (χ0n) is 10.7. The fraction of sp³-hybridized carbons (Fsp3) is 0.455. The van der Waals surface area contributed by atoms with Crippen molar-refractivity contribution in [3.8, 4) is 0 Å². The highest BCUT2D eigenvalue weighted by Crippen LogP contribution is 2.21. The van der Waals surface area contributed by atoms with Crippen molar-refractivity contribution in [1.82, 2.24) is 0 Å². The van der Waals surface area contributed by atoms with Gasteiger partial charge in [0.15, 0.2) is 9.84 Å². The number of rotatable bonds is 7. The summed E-state index contributed by atoms with van der Waals surface area (Å²) in [4.78, 5) is 0. The van der Waals surface area contributed by atoms with Gasteiger partial charge in [0.2, 0.25) is 0 Å². The van der Waals surface area contributed by atoms with Crippen molar-refractivity contribution in [3.05, 3.63) is 30.3 Å². The first-order valence-electron chi connectivity index (χ1n) is 5.67. The van der Waals surface area contributed by atoms with Crippen molar-refractivity contribution < 1.29 is 16.8 Å². The lowest BCUT2D eigenvalue weighted by Crippen LogP contribution is -2.33. The molecule has 2 atom stereocenters. The number of alkyl halides is 2. The van der Waals surface area contributed by atoms with Gasteiger partial charge in [0.25, 0.3) is 14.1 Å². The molecule has 0 amide bonds. The number of benzene rings is 1. The van der Waals surface area contributed by atoms with Crippen LogP contribution < -0.4 is 4.72 Å². The summed E-state index contributed by atoms with van der Waals surface area (Å²) in [6, 6.07) is 7.99. The molecule has 5 nitrogen and oxygen atoms in total. The molecule has 0 spiro atoms. The SMILES string of the molecule is CC(CBr)CS(=O)(=O)C(Cl)S(=O)(=O)Nc1ccccc1. The van der Waals surface area contributed by atoms with Crippen LogP contribution in [0.3, 0.4) is 0 Å². The first kappa shape index (κ1) is 17.7. The van der Waals surface area contributed by atoms with Crippen molar-refractivity contribution >= 4 is 53.1 Å². The second kappa shape index (κ2) is 7.11. The molecule has 2 unspecified atom stereocenters. The molecular formula is C11H15BrClNO4S2. The first-order valence-corrected chi connectivity index (χ1v) is 10.5. The van der Waals surface area contributed by atoms with Crippen LogP contribution in [0.15, 0.2) is 30.3 Å². The van der Waals surface area contributed by atoms with Gasteiger partial charge < -0.3 is 0 Å². The number of hydrogen-bond donors (Lipinski definition) is 1. The molecule has 0 bridgehead atoms. The summed E-state index contributed by atoms with van der Waals surface area (Å²) in [7, 11) is -8.18. The summed E-state index contributed by atoms with van der Waals surface area (Å²) in [5, 5.41) is 0.446. The minimum absolute atomic E-state index is 0.229. The Hall–Kier alpha value is -0.310. The van der Waals surface area contributed by atoms with Crippen LogP contribution in [0.1, 0.15) is 6.92 Å². The van der Waals surface area contributed by atoms with E-state index < -0.39 is 23.9 Å². The molecule has 0 aliphatic heterocycles. The standard InChI is InChI=1S/C11H15BrClNO4S2/c1-9(7-12)8-19(15,16)11(13)20(17,18)14-10-5-3-2-4-6-10/h2-6,9,11,14H,7-8H2,1H3. The monoisotopic (exact) mass is 403 g/mol. The van der Waals surface area contributed by atoms with Crippen LogP contribution in [-0.2, 0) is 19.9 Å². The van der Waals surface area contributed by atoms with Crippen molar-refractivity contribution in [2.45, 2.75) is 11.0 Å². The lowest BCUT2D eigenvalue weighted by atomic mass is 10.3. The molecule has 0 aliphatic rings. The Morgan fingerprint density at radius 2 is 1.75 bits per heavy atom. The van der Waals surface area contributed by atoms with E-state index in [0.717, 1.165) is 0 Å². The molecule has 0 fully saturated rings. The Bertz CT molecular complexity index is 634. The molecule has 0 saturated carbocycles. The van der Waals surface area contributed by atoms with Crippen LogP contribution in [0.4, 0.5) is 5.69 Å². The van der Waals surface area contributed by atoms with Crippen molar-refractivity contribution in [2.75, 3.05) is 15.8 Å². The average molecular weight is 405 g/mol. The van der Waals surface area contributed by atoms with E-state index in [4.69, 9.17) is 11.6 Å². The summed E-state index contributed by atoms with van der Waals surface area (Å²) in [6.45, 7) is 1.69. The zero-order valence-corrected chi connectivity index (χ0v) is 14.6. The lowest BCUT2D eigenvalue weighted by molar-refractivity contribution is 0.579. The van der Waals surface area contributed by atoms with Crippen molar-refractivity contribution in [3.63, 3.8) is 0 Å². The van der Waals surface area contributed by atoms with Gasteiger partial charge in [0.05, 0.1) is 5.75 Å². The highest BCUT2D eigenvalue weighted by Gasteiger charge is 2.36. The molecule has 114 valence electrons. The van der Waals surface area contributed by atoms with Crippen molar-refractivity contribution in [1.29, 1.82) is 0 Å². The van der Waals surface area contributed by atoms with Crippen LogP contribution in [0, 0.1) is 5.92 Å². The third-order valence-electron chi connectivity index (χ3n) is 2.34. The third kappa shape index (κ3) is 4.91. The molecular weight excluding hydrogens is 390 g/mol. The highest BCUT2D eigenvalue weighted by atomic mass is 79.9. The van der Waals surface area contributed by atoms with E-state index >= 15 is 0 Å². The summed E-state index contributed by atoms with van der Waals surface area (Å²) in [5.41, 5.74) is 0.266. The number of para-hydroxylation sites is 1. The van der Waals surface area contributed by atoms with Crippen LogP contribution in [0.5, 0.6) is 0 Å². The van der Waals surface area contributed by atoms with E-state index in [2.05, 4.69) is 20.7 Å². The van der Waals surface area contributed by atoms with Crippen molar-refractivity contribution in [2.24, 2.45) is 5.92 Å². The fourth-order valence-corrected chi connectivity index (χ4v) is 5.85. The number of anilines is 1. The molecule has 1 aromatic rings. The Labute approximate surface area is 132 Å². The zero-order chi connectivity index (χ0) is 15.4. The fourth-order valence-electron chi connectivity index (χ4n) is 1.43. The van der Waals surface area contributed by atoms with E-state index in [-0.39, 0.29) is 17.4 Å². The molecule has 1 aromatic carbocycles. The van der Waals surface area contributed by atoms with Crippen LogP contribution in [0.25, 0.3) is 0 Å². The quantitative estimate of drug-likeness (QED) is 0.708. The molecule has 9 heteroatoms. The lowest BCUT2D eigenvalue weighted by Gasteiger charge is -2.15. The van der Waals surface area contributed by atoms with Gasteiger partial charge >= 0.3 is 0 Å². The van der Waals surface area contributed by atoms with E-state index in [9.17, 15) is 16.8 Å². The molecule has 0 saturated heterocycles. The van der Waals surface area contributed by atoms with Gasteiger partial charge in [-0.3, -0.25) is 4.72 Å². The molecule has 0 aliphatic carbocycles. The number of nitrogens with one attached hydrogen (secondary N) is 1. The Morgan fingerprint density at radius 3 is 2.25 bits per heavy atom. The van der Waals surface area contributed by atoms with Gasteiger partial charge in [-0.15, -0.1) is 0 Å². The number of sulfone groups is 1. The van der Waals surface area contributed by atoms with E-state index in [0.29, 0.717) is 5.33 Å². The number of hydrogen-bond acceptors (Lipinski definition) is 4. The third-order valence-corrected chi connectivity index (χ3v) is 9.21. The number of sulfonamides is 1. The summed E-state index contributed by atoms with van der Waals surface area (Å²) in [6.07, 6.45) is 0. The summed E-state index contributed by atoms with van der Waals surface area (Å²) >= 11 is 8.81. The average Bonchev–Trinajstić information content (AvgIpc) is 2.37. The van der Waals surface area contributed by atoms with E-state index in [1.54, 1.807) is 25.1 Å². The molecule has 0 heterocycles. The normalized spacial score (nSPS) is 15.6. The largest absolute Gasteiger partial charge is 0.281 e. The Balaban J connectivity index is 2.92. The summed E-state index contributed by atoms with van der Waals surface area (Å²) < 4.78 is 48.0. The topological polar surface area (TPSA) is 80.3 Å². The maximum atomic E-state index is 12.0. The molecule has 1 N–H and O–H groups in total. The minimum atomic E-state index is -4.21. The predicted molar refractivity (Wildman–Crippen MR) is 85.4 cm³/mol. The van der Waals surface area contributed by atoms with Crippen LogP contribution in [0.2, 0.25) is 0 Å². The smallest absolute Gasteiger partial charge is 0.264 e. The van der Waals surface area contributed by atoms with Crippen LogP contribution in [-0.4, -0.2) is 32.0 Å². The van der Waals surface area contributed by atoms with Gasteiger partial charge in [-0.05, 0) is 18.1 Å². The molecule has 20 heavy (non-hydrogen) atoms. The number of halogens is 2. The minimum Gasteiger partial charge on any atom is -0.281 e. The Kier molecular flexibility index (Phi) is 6.30. The van der Waals surface area contributed by atoms with E-state index in [1.807, 2.05) is 0 Å². The van der Waals surface area contributed by atoms with Gasteiger partial charge in [0, 0.05) is 11.0 Å². The first-order chi connectivity index (χ1) is 9.19. The maximum absolute atomic E-state index is 12.0. The van der Waals surface area contributed by atoms with E-state index in [1.165, 1.54) is 12.1 Å². The van der Waals surface area contributed by atoms with Gasteiger partial charge in [-0.2, -0.15) is 0 Å². The van der Waals surface area contributed by atoms with Gasteiger partial charge in [-0.25, -0.2) is 16.8 Å². The molecule has 1 rings (SSSR count). The van der Waals surface area contributed by atoms with Gasteiger partial charge in [0.1, 0.15) is 0 Å². The molecule has 0 aromatic heterocycles. The predicted octanol–water partition coefficient (Wildman–Crippen LogP) is 2.40.